The minimum absolute atomic E-state index is 0.0442. The molecule has 1 N–H and O–H groups in total. The molecule has 2 rings (SSSR count). The lowest BCUT2D eigenvalue weighted by Gasteiger charge is -2.13. The summed E-state index contributed by atoms with van der Waals surface area (Å²) in [5.41, 5.74) is 3.78. The molecule has 0 saturated carbocycles. The van der Waals surface area contributed by atoms with Crippen molar-refractivity contribution in [2.45, 2.75) is 27.2 Å². The number of nitrogens with one attached hydrogen (secondary N) is 1. The summed E-state index contributed by atoms with van der Waals surface area (Å²) in [6, 6.07) is 10.3. The van der Waals surface area contributed by atoms with E-state index in [1.54, 1.807) is 19.1 Å². The number of carbonyl (C=O) groups excluding carboxylic acids is 1. The standard InChI is InChI=1S/C17H18N2O3/c1-4-13-10-15(19(21)22)9-12(3)16(13)18-17(20)14-7-5-11(2)6-8-14/h5-10H,4H2,1-3H3,(H,18,20). The van der Waals surface area contributed by atoms with Gasteiger partial charge in [0, 0.05) is 23.4 Å². The number of nitro benzene ring substituents is 1. The molecule has 2 aromatic carbocycles. The molecule has 0 atom stereocenters. The van der Waals surface area contributed by atoms with Gasteiger partial charge in [0.2, 0.25) is 0 Å². The monoisotopic (exact) mass is 298 g/mol. The number of nitro groups is 1. The third kappa shape index (κ3) is 3.31. The van der Waals surface area contributed by atoms with Gasteiger partial charge < -0.3 is 5.32 Å². The molecule has 5 nitrogen and oxygen atoms in total. The number of anilines is 1. The first kappa shape index (κ1) is 15.7. The van der Waals surface area contributed by atoms with Crippen molar-refractivity contribution in [3.63, 3.8) is 0 Å². The van der Waals surface area contributed by atoms with E-state index in [1.807, 2.05) is 26.0 Å². The van der Waals surface area contributed by atoms with E-state index in [9.17, 15) is 14.9 Å². The van der Waals surface area contributed by atoms with Crippen LogP contribution in [-0.4, -0.2) is 10.8 Å². The third-order valence-electron chi connectivity index (χ3n) is 3.55. The number of hydrogen-bond acceptors (Lipinski definition) is 3. The summed E-state index contributed by atoms with van der Waals surface area (Å²) >= 11 is 0. The highest BCUT2D eigenvalue weighted by Gasteiger charge is 2.16. The average molecular weight is 298 g/mol. The normalized spacial score (nSPS) is 10.3. The second-order valence-corrected chi connectivity index (χ2v) is 5.23. The van der Waals surface area contributed by atoms with Gasteiger partial charge in [0.05, 0.1) is 4.92 Å². The molecule has 22 heavy (non-hydrogen) atoms. The second-order valence-electron chi connectivity index (χ2n) is 5.23. The Labute approximate surface area is 129 Å². The van der Waals surface area contributed by atoms with E-state index < -0.39 is 4.92 Å². The second kappa shape index (κ2) is 6.39. The molecule has 2 aromatic rings. The van der Waals surface area contributed by atoms with Crippen LogP contribution in [0.4, 0.5) is 11.4 Å². The average Bonchev–Trinajstić information content (AvgIpc) is 2.49. The summed E-state index contributed by atoms with van der Waals surface area (Å²) in [4.78, 5) is 22.8. The van der Waals surface area contributed by atoms with E-state index in [0.29, 0.717) is 23.2 Å². The number of non-ortho nitro benzene ring substituents is 1. The van der Waals surface area contributed by atoms with Gasteiger partial charge in [-0.1, -0.05) is 24.6 Å². The minimum atomic E-state index is -0.419. The van der Waals surface area contributed by atoms with Gasteiger partial charge in [0.15, 0.2) is 0 Å². The third-order valence-corrected chi connectivity index (χ3v) is 3.55. The minimum Gasteiger partial charge on any atom is -0.321 e. The van der Waals surface area contributed by atoms with Gasteiger partial charge in [-0.3, -0.25) is 14.9 Å². The molecule has 5 heteroatoms. The van der Waals surface area contributed by atoms with E-state index in [-0.39, 0.29) is 11.6 Å². The predicted octanol–water partition coefficient (Wildman–Crippen LogP) is 4.03. The highest BCUT2D eigenvalue weighted by molar-refractivity contribution is 6.05. The molecule has 0 fully saturated rings. The van der Waals surface area contributed by atoms with Crippen molar-refractivity contribution in [3.8, 4) is 0 Å². The molecular weight excluding hydrogens is 280 g/mol. The first-order chi connectivity index (χ1) is 10.4. The smallest absolute Gasteiger partial charge is 0.270 e. The van der Waals surface area contributed by atoms with Crippen LogP contribution in [0.15, 0.2) is 36.4 Å². The fourth-order valence-electron chi connectivity index (χ4n) is 2.29. The van der Waals surface area contributed by atoms with Gasteiger partial charge in [-0.2, -0.15) is 0 Å². The van der Waals surface area contributed by atoms with E-state index in [1.165, 1.54) is 12.1 Å². The quantitative estimate of drug-likeness (QED) is 0.684. The van der Waals surface area contributed by atoms with Crippen LogP contribution in [0.5, 0.6) is 0 Å². The van der Waals surface area contributed by atoms with Crippen molar-refractivity contribution in [3.05, 3.63) is 68.8 Å². The molecule has 0 aliphatic heterocycles. The van der Waals surface area contributed by atoms with Crippen molar-refractivity contribution in [1.82, 2.24) is 0 Å². The van der Waals surface area contributed by atoms with Crippen molar-refractivity contribution in [2.24, 2.45) is 0 Å². The van der Waals surface area contributed by atoms with Gasteiger partial charge in [0.1, 0.15) is 0 Å². The number of carbonyl (C=O) groups is 1. The molecule has 0 aliphatic rings. The Hall–Kier alpha value is -2.69. The van der Waals surface area contributed by atoms with Crippen LogP contribution in [-0.2, 0) is 6.42 Å². The maximum atomic E-state index is 12.3. The molecule has 0 bridgehead atoms. The van der Waals surface area contributed by atoms with Crippen LogP contribution in [0, 0.1) is 24.0 Å². The van der Waals surface area contributed by atoms with Gasteiger partial charge in [-0.15, -0.1) is 0 Å². The Morgan fingerprint density at radius 3 is 2.36 bits per heavy atom. The maximum absolute atomic E-state index is 12.3. The zero-order valence-corrected chi connectivity index (χ0v) is 12.8. The van der Waals surface area contributed by atoms with E-state index >= 15 is 0 Å². The topological polar surface area (TPSA) is 72.2 Å². The Morgan fingerprint density at radius 2 is 1.82 bits per heavy atom. The van der Waals surface area contributed by atoms with Crippen LogP contribution in [0.1, 0.15) is 34.0 Å². The summed E-state index contributed by atoms with van der Waals surface area (Å²) in [5, 5.41) is 13.8. The molecule has 0 radical (unpaired) electrons. The maximum Gasteiger partial charge on any atom is 0.270 e. The van der Waals surface area contributed by atoms with Gasteiger partial charge >= 0.3 is 0 Å². The largest absolute Gasteiger partial charge is 0.321 e. The van der Waals surface area contributed by atoms with Crippen LogP contribution in [0.3, 0.4) is 0 Å². The summed E-state index contributed by atoms with van der Waals surface area (Å²) in [5.74, 6) is -0.216. The number of benzene rings is 2. The Morgan fingerprint density at radius 1 is 1.18 bits per heavy atom. The molecular formula is C17H18N2O3. The highest BCUT2D eigenvalue weighted by Crippen LogP contribution is 2.27. The van der Waals surface area contributed by atoms with Crippen molar-refractivity contribution >= 4 is 17.3 Å². The zero-order chi connectivity index (χ0) is 16.3. The number of hydrogen-bond donors (Lipinski definition) is 1. The number of rotatable bonds is 4. The lowest BCUT2D eigenvalue weighted by Crippen LogP contribution is -2.14. The predicted molar refractivity (Wildman–Crippen MR) is 86.3 cm³/mol. The summed E-state index contributed by atoms with van der Waals surface area (Å²) in [6.45, 7) is 5.62. The summed E-state index contributed by atoms with van der Waals surface area (Å²) < 4.78 is 0. The molecule has 0 aliphatic carbocycles. The first-order valence-electron chi connectivity index (χ1n) is 7.08. The first-order valence-corrected chi connectivity index (χ1v) is 7.08. The lowest BCUT2D eigenvalue weighted by molar-refractivity contribution is -0.384. The molecule has 0 aromatic heterocycles. The summed E-state index contributed by atoms with van der Waals surface area (Å²) in [7, 11) is 0. The zero-order valence-electron chi connectivity index (χ0n) is 12.8. The highest BCUT2D eigenvalue weighted by atomic mass is 16.6. The number of aryl methyl sites for hydroxylation is 3. The van der Waals surface area contributed by atoms with E-state index in [4.69, 9.17) is 0 Å². The number of amides is 1. The van der Waals surface area contributed by atoms with Crippen LogP contribution in [0.25, 0.3) is 0 Å². The van der Waals surface area contributed by atoms with Crippen molar-refractivity contribution in [2.75, 3.05) is 5.32 Å². The fourth-order valence-corrected chi connectivity index (χ4v) is 2.29. The SMILES string of the molecule is CCc1cc([N+](=O)[O-])cc(C)c1NC(=O)c1ccc(C)cc1. The lowest BCUT2D eigenvalue weighted by atomic mass is 10.0. The van der Waals surface area contributed by atoms with Crippen LogP contribution in [0.2, 0.25) is 0 Å². The number of nitrogens with zero attached hydrogens (tertiary/aromatic N) is 1. The molecule has 114 valence electrons. The Balaban J connectivity index is 2.34. The van der Waals surface area contributed by atoms with Gasteiger partial charge in [-0.05, 0) is 43.5 Å². The molecule has 0 unspecified atom stereocenters. The molecule has 0 spiro atoms. The van der Waals surface area contributed by atoms with E-state index in [2.05, 4.69) is 5.32 Å². The molecule has 0 saturated heterocycles. The van der Waals surface area contributed by atoms with Gasteiger partial charge in [0.25, 0.3) is 11.6 Å². The van der Waals surface area contributed by atoms with Crippen molar-refractivity contribution < 1.29 is 9.72 Å². The van der Waals surface area contributed by atoms with E-state index in [0.717, 1.165) is 11.1 Å². The van der Waals surface area contributed by atoms with Crippen LogP contribution < -0.4 is 5.32 Å². The van der Waals surface area contributed by atoms with Crippen LogP contribution >= 0.6 is 0 Å². The summed E-state index contributed by atoms with van der Waals surface area (Å²) in [6.07, 6.45) is 0.603. The van der Waals surface area contributed by atoms with Crippen molar-refractivity contribution in [1.29, 1.82) is 0 Å². The molecule has 0 heterocycles. The molecule has 1 amide bonds. The van der Waals surface area contributed by atoms with Gasteiger partial charge in [-0.25, -0.2) is 0 Å². The fraction of sp³-hybridized carbons (Fsp3) is 0.235. The Bertz CT molecular complexity index is 721. The Kier molecular flexibility index (Phi) is 4.56.